The van der Waals surface area contributed by atoms with E-state index in [9.17, 15) is 5.11 Å². The van der Waals surface area contributed by atoms with Crippen LogP contribution in [0.5, 0.6) is 5.75 Å². The molecule has 0 saturated carbocycles. The van der Waals surface area contributed by atoms with Gasteiger partial charge in [0.25, 0.3) is 0 Å². The van der Waals surface area contributed by atoms with Gasteiger partial charge in [-0.1, -0.05) is 0 Å². The molecule has 150 valence electrons. The van der Waals surface area contributed by atoms with E-state index in [-0.39, 0.29) is 16.8 Å². The van der Waals surface area contributed by atoms with Crippen molar-refractivity contribution in [3.8, 4) is 22.7 Å². The summed E-state index contributed by atoms with van der Waals surface area (Å²) in [5.41, 5.74) is 2.71. The maximum atomic E-state index is 10.5. The summed E-state index contributed by atoms with van der Waals surface area (Å²) in [6, 6.07) is 5.52. The summed E-state index contributed by atoms with van der Waals surface area (Å²) < 4.78 is 1.85. The Balaban J connectivity index is 1.32. The van der Waals surface area contributed by atoms with Crippen molar-refractivity contribution in [1.29, 1.82) is 0 Å². The number of aromatic nitrogens is 4. The summed E-state index contributed by atoms with van der Waals surface area (Å²) in [7, 11) is 0. The fourth-order valence-corrected chi connectivity index (χ4v) is 6.34. The van der Waals surface area contributed by atoms with Gasteiger partial charge in [-0.2, -0.15) is 0 Å². The molecule has 1 aromatic carbocycles. The molecule has 3 aromatic rings. The average Bonchev–Trinajstić information content (AvgIpc) is 3.28. The van der Waals surface area contributed by atoms with Crippen molar-refractivity contribution in [2.24, 2.45) is 0 Å². The highest BCUT2D eigenvalue weighted by atomic mass is 32.2. The van der Waals surface area contributed by atoms with Crippen LogP contribution in [0.4, 0.5) is 0 Å². The van der Waals surface area contributed by atoms with Crippen molar-refractivity contribution in [1.82, 2.24) is 24.8 Å². The van der Waals surface area contributed by atoms with Crippen LogP contribution in [0.1, 0.15) is 39.5 Å². The zero-order valence-corrected chi connectivity index (χ0v) is 17.5. The molecule has 0 aliphatic carbocycles. The maximum absolute atomic E-state index is 10.5. The summed E-state index contributed by atoms with van der Waals surface area (Å²) in [5, 5.41) is 15.8. The minimum absolute atomic E-state index is 0.182. The van der Waals surface area contributed by atoms with Crippen molar-refractivity contribution < 1.29 is 5.11 Å². The van der Waals surface area contributed by atoms with E-state index in [0.29, 0.717) is 16.5 Å². The summed E-state index contributed by atoms with van der Waals surface area (Å²) in [4.78, 5) is 13.3. The Morgan fingerprint density at radius 1 is 1.14 bits per heavy atom. The molecule has 1 unspecified atom stereocenters. The number of aromatic hydroxyl groups is 1. The highest BCUT2D eigenvalue weighted by molar-refractivity contribution is 7.99. The van der Waals surface area contributed by atoms with Crippen molar-refractivity contribution in [3.05, 3.63) is 49.3 Å². The van der Waals surface area contributed by atoms with Crippen LogP contribution in [0, 0.1) is 0 Å². The number of phenolic OH excluding ortho intramolecular Hbond substituents is 1. The monoisotopic (exact) mass is 407 g/mol. The van der Waals surface area contributed by atoms with Gasteiger partial charge < -0.3 is 15.0 Å². The number of nitrogens with one attached hydrogen (secondary N) is 1. The number of phenols is 1. The van der Waals surface area contributed by atoms with E-state index in [4.69, 9.17) is 0 Å². The first kappa shape index (κ1) is 18.6. The highest BCUT2D eigenvalue weighted by Gasteiger charge is 2.48. The number of imidazole rings is 1. The molecular formula is C22H25N5OS. The molecule has 2 saturated heterocycles. The van der Waals surface area contributed by atoms with Gasteiger partial charge in [-0.25, -0.2) is 9.97 Å². The first-order valence-corrected chi connectivity index (χ1v) is 10.9. The van der Waals surface area contributed by atoms with Gasteiger partial charge in [-0.3, -0.25) is 4.98 Å². The molecule has 2 aromatic heterocycles. The Morgan fingerprint density at radius 2 is 1.93 bits per heavy atom. The molecule has 5 rings (SSSR count). The topological polar surface area (TPSA) is 75.9 Å². The van der Waals surface area contributed by atoms with Gasteiger partial charge in [0, 0.05) is 40.4 Å². The molecule has 4 heterocycles. The van der Waals surface area contributed by atoms with E-state index in [0.717, 1.165) is 23.6 Å². The Kier molecular flexibility index (Phi) is 4.40. The lowest BCUT2D eigenvalue weighted by molar-refractivity contribution is 0.241. The number of fused-ring (bicyclic) bond motifs is 2. The number of thioether (sulfide) groups is 1. The smallest absolute Gasteiger partial charge is 0.127 e. The molecule has 7 heteroatoms. The van der Waals surface area contributed by atoms with Gasteiger partial charge in [0.15, 0.2) is 0 Å². The number of hydrogen-bond acceptors (Lipinski definition) is 6. The molecule has 0 spiro atoms. The quantitative estimate of drug-likeness (QED) is 0.675. The fourth-order valence-electron chi connectivity index (χ4n) is 4.87. The molecule has 2 aliphatic rings. The second-order valence-corrected chi connectivity index (χ2v) is 10.1. The molecule has 29 heavy (non-hydrogen) atoms. The van der Waals surface area contributed by atoms with Crippen LogP contribution in [0.25, 0.3) is 16.9 Å². The predicted octanol–water partition coefficient (Wildman–Crippen LogP) is 4.19. The summed E-state index contributed by atoms with van der Waals surface area (Å²) in [5.74, 6) is 0.182. The molecule has 6 nitrogen and oxygen atoms in total. The number of rotatable bonds is 4. The van der Waals surface area contributed by atoms with E-state index in [1.165, 1.54) is 12.8 Å². The standard InChI is InChI=1S/C22H25N5OS/c1-21-5-6-22(2,26-21)11-16(10-21)29-20-13-24-18(12-25-20)17-4-3-15(9-19(17)28)27-8-7-23-14-27/h3-4,7-9,12-14,16,26,28H,5-6,10-11H2,1-2H3/t16?,21-,22+. The van der Waals surface area contributed by atoms with Gasteiger partial charge in [0.2, 0.25) is 0 Å². The predicted molar refractivity (Wildman–Crippen MR) is 114 cm³/mol. The Labute approximate surface area is 174 Å². The van der Waals surface area contributed by atoms with Crippen LogP contribution in [0.3, 0.4) is 0 Å². The van der Waals surface area contributed by atoms with Gasteiger partial charge in [-0.15, -0.1) is 11.8 Å². The van der Waals surface area contributed by atoms with E-state index < -0.39 is 0 Å². The van der Waals surface area contributed by atoms with Gasteiger partial charge in [0.05, 0.1) is 30.1 Å². The first-order valence-electron chi connectivity index (χ1n) is 10.0. The number of piperidine rings is 1. The zero-order valence-electron chi connectivity index (χ0n) is 16.7. The lowest BCUT2D eigenvalue weighted by Gasteiger charge is -2.41. The Bertz CT molecular complexity index is 1000. The summed E-state index contributed by atoms with van der Waals surface area (Å²) in [6.07, 6.45) is 13.7. The van der Waals surface area contributed by atoms with Crippen LogP contribution in [-0.4, -0.2) is 41.0 Å². The van der Waals surface area contributed by atoms with E-state index in [2.05, 4.69) is 34.1 Å². The van der Waals surface area contributed by atoms with Crippen LogP contribution in [0.15, 0.2) is 54.3 Å². The third kappa shape index (κ3) is 3.65. The third-order valence-electron chi connectivity index (χ3n) is 6.16. The van der Waals surface area contributed by atoms with Crippen LogP contribution < -0.4 is 5.32 Å². The molecular weight excluding hydrogens is 382 g/mol. The lowest BCUT2D eigenvalue weighted by atomic mass is 9.88. The van der Waals surface area contributed by atoms with Gasteiger partial charge >= 0.3 is 0 Å². The largest absolute Gasteiger partial charge is 0.507 e. The molecule has 0 radical (unpaired) electrons. The van der Waals surface area contributed by atoms with Crippen molar-refractivity contribution in [3.63, 3.8) is 0 Å². The van der Waals surface area contributed by atoms with Crippen LogP contribution in [-0.2, 0) is 0 Å². The number of benzene rings is 1. The third-order valence-corrected chi connectivity index (χ3v) is 7.28. The van der Waals surface area contributed by atoms with E-state index >= 15 is 0 Å². The molecule has 2 fully saturated rings. The van der Waals surface area contributed by atoms with Crippen molar-refractivity contribution in [2.45, 2.75) is 60.9 Å². The minimum Gasteiger partial charge on any atom is -0.507 e. The second kappa shape index (κ2) is 6.85. The summed E-state index contributed by atoms with van der Waals surface area (Å²) >= 11 is 1.83. The molecule has 2 bridgehead atoms. The van der Waals surface area contributed by atoms with Gasteiger partial charge in [0.1, 0.15) is 10.8 Å². The molecule has 0 amide bonds. The van der Waals surface area contributed by atoms with Gasteiger partial charge in [-0.05, 0) is 51.7 Å². The number of nitrogens with zero attached hydrogens (tertiary/aromatic N) is 4. The zero-order chi connectivity index (χ0) is 20.1. The van der Waals surface area contributed by atoms with E-state index in [1.807, 2.05) is 40.9 Å². The SMILES string of the molecule is C[C@]12CC[C@](C)(CC(Sc3cnc(-c4ccc(-n5ccnc5)cc4O)cn3)C1)N2. The molecule has 2 aliphatic heterocycles. The minimum atomic E-state index is 0.182. The van der Waals surface area contributed by atoms with Crippen LogP contribution in [0.2, 0.25) is 0 Å². The van der Waals surface area contributed by atoms with Crippen molar-refractivity contribution in [2.75, 3.05) is 0 Å². The van der Waals surface area contributed by atoms with Crippen LogP contribution >= 0.6 is 11.8 Å². The number of hydrogen-bond donors (Lipinski definition) is 2. The second-order valence-electron chi connectivity index (χ2n) is 8.81. The fraction of sp³-hybridized carbons (Fsp3) is 0.409. The Hall–Kier alpha value is -2.38. The normalized spacial score (nSPS) is 28.6. The Morgan fingerprint density at radius 3 is 2.55 bits per heavy atom. The van der Waals surface area contributed by atoms with E-state index in [1.54, 1.807) is 24.8 Å². The average molecular weight is 408 g/mol. The first-order chi connectivity index (χ1) is 13.9. The molecule has 3 atom stereocenters. The van der Waals surface area contributed by atoms with Crippen molar-refractivity contribution >= 4 is 11.8 Å². The summed E-state index contributed by atoms with van der Waals surface area (Å²) in [6.45, 7) is 4.69. The highest BCUT2D eigenvalue weighted by Crippen LogP contribution is 2.46. The lowest BCUT2D eigenvalue weighted by Crippen LogP contribution is -2.54. The maximum Gasteiger partial charge on any atom is 0.127 e. The molecule has 2 N–H and O–H groups in total.